The summed E-state index contributed by atoms with van der Waals surface area (Å²) in [5.74, 6) is 0.0200. The Balaban J connectivity index is 1.66. The van der Waals surface area contributed by atoms with E-state index in [2.05, 4.69) is 15.4 Å². The van der Waals surface area contributed by atoms with Gasteiger partial charge < -0.3 is 14.8 Å². The van der Waals surface area contributed by atoms with E-state index < -0.39 is 18.0 Å². The van der Waals surface area contributed by atoms with Crippen molar-refractivity contribution in [3.05, 3.63) is 65.1 Å². The van der Waals surface area contributed by atoms with Crippen LogP contribution in [0.25, 0.3) is 5.82 Å². The standard InChI is InChI=1S/C22H24N4O4/c1-13-6-8-19(29-5)18(10-13)24-21(27)16(4)30-22(28)17-7-9-20(23-12-17)26-15(3)11-14(2)25-26/h6-12,16H,1-5H3,(H,24,27). The van der Waals surface area contributed by atoms with E-state index in [1.165, 1.54) is 20.2 Å². The van der Waals surface area contributed by atoms with Crippen LogP contribution in [0, 0.1) is 20.8 Å². The van der Waals surface area contributed by atoms with Gasteiger partial charge in [-0.2, -0.15) is 5.10 Å². The molecule has 0 spiro atoms. The largest absolute Gasteiger partial charge is 0.495 e. The summed E-state index contributed by atoms with van der Waals surface area (Å²) in [4.78, 5) is 29.2. The molecular formula is C22H24N4O4. The molecule has 0 saturated carbocycles. The van der Waals surface area contributed by atoms with Crippen LogP contribution in [0.5, 0.6) is 5.75 Å². The summed E-state index contributed by atoms with van der Waals surface area (Å²) in [6.07, 6.45) is 0.404. The fourth-order valence-corrected chi connectivity index (χ4v) is 2.93. The van der Waals surface area contributed by atoms with Crippen LogP contribution in [0.3, 0.4) is 0 Å². The molecule has 1 amide bonds. The number of amides is 1. The van der Waals surface area contributed by atoms with Crippen molar-refractivity contribution in [2.75, 3.05) is 12.4 Å². The lowest BCUT2D eigenvalue weighted by Crippen LogP contribution is -2.30. The smallest absolute Gasteiger partial charge is 0.340 e. The van der Waals surface area contributed by atoms with Crippen LogP contribution >= 0.6 is 0 Å². The molecule has 1 unspecified atom stereocenters. The zero-order valence-corrected chi connectivity index (χ0v) is 17.6. The van der Waals surface area contributed by atoms with Crippen molar-refractivity contribution in [2.45, 2.75) is 33.8 Å². The molecule has 0 radical (unpaired) electrons. The summed E-state index contributed by atoms with van der Waals surface area (Å²) in [5.41, 5.74) is 3.54. The highest BCUT2D eigenvalue weighted by Gasteiger charge is 2.20. The number of aryl methyl sites for hydroxylation is 3. The lowest BCUT2D eigenvalue weighted by molar-refractivity contribution is -0.123. The van der Waals surface area contributed by atoms with E-state index in [1.807, 2.05) is 32.9 Å². The molecule has 30 heavy (non-hydrogen) atoms. The number of nitrogens with one attached hydrogen (secondary N) is 1. The molecule has 1 aromatic carbocycles. The van der Waals surface area contributed by atoms with Crippen LogP contribution < -0.4 is 10.1 Å². The number of nitrogens with zero attached hydrogens (tertiary/aromatic N) is 3. The van der Waals surface area contributed by atoms with Crippen molar-refractivity contribution in [1.82, 2.24) is 14.8 Å². The number of hydrogen-bond acceptors (Lipinski definition) is 6. The van der Waals surface area contributed by atoms with E-state index in [9.17, 15) is 9.59 Å². The Kier molecular flexibility index (Phi) is 6.15. The first-order valence-corrected chi connectivity index (χ1v) is 9.44. The molecular weight excluding hydrogens is 384 g/mol. The third kappa shape index (κ3) is 4.65. The van der Waals surface area contributed by atoms with Gasteiger partial charge in [-0.1, -0.05) is 6.07 Å². The Morgan fingerprint density at radius 2 is 1.87 bits per heavy atom. The van der Waals surface area contributed by atoms with E-state index in [-0.39, 0.29) is 5.56 Å². The summed E-state index contributed by atoms with van der Waals surface area (Å²) < 4.78 is 12.2. The van der Waals surface area contributed by atoms with Crippen molar-refractivity contribution in [1.29, 1.82) is 0 Å². The normalized spacial score (nSPS) is 11.6. The van der Waals surface area contributed by atoms with E-state index >= 15 is 0 Å². The molecule has 8 heteroatoms. The lowest BCUT2D eigenvalue weighted by Gasteiger charge is -2.15. The quantitative estimate of drug-likeness (QED) is 0.628. The number of benzene rings is 1. The Hall–Kier alpha value is -3.68. The van der Waals surface area contributed by atoms with Crippen LogP contribution in [-0.4, -0.2) is 39.9 Å². The van der Waals surface area contributed by atoms with Gasteiger partial charge in [0.25, 0.3) is 5.91 Å². The molecule has 2 heterocycles. The van der Waals surface area contributed by atoms with Gasteiger partial charge in [0.1, 0.15) is 5.75 Å². The number of methoxy groups -OCH3 is 1. The monoisotopic (exact) mass is 408 g/mol. The summed E-state index contributed by atoms with van der Waals surface area (Å²) >= 11 is 0. The topological polar surface area (TPSA) is 95.3 Å². The number of rotatable bonds is 6. The number of anilines is 1. The second kappa shape index (κ2) is 8.77. The zero-order valence-electron chi connectivity index (χ0n) is 17.6. The van der Waals surface area contributed by atoms with Gasteiger partial charge in [-0.3, -0.25) is 4.79 Å². The lowest BCUT2D eigenvalue weighted by atomic mass is 10.2. The summed E-state index contributed by atoms with van der Waals surface area (Å²) in [6, 6.07) is 10.6. The first kappa shape index (κ1) is 21.0. The van der Waals surface area contributed by atoms with Crippen LogP contribution in [-0.2, 0) is 9.53 Å². The highest BCUT2D eigenvalue weighted by Crippen LogP contribution is 2.25. The maximum Gasteiger partial charge on any atom is 0.340 e. The molecule has 0 saturated heterocycles. The fraction of sp³-hybridized carbons (Fsp3) is 0.273. The SMILES string of the molecule is COc1ccc(C)cc1NC(=O)C(C)OC(=O)c1ccc(-n2nc(C)cc2C)nc1. The molecule has 1 N–H and O–H groups in total. The number of aromatic nitrogens is 3. The molecule has 8 nitrogen and oxygen atoms in total. The van der Waals surface area contributed by atoms with Crippen LogP contribution in [0.2, 0.25) is 0 Å². The molecule has 2 aromatic heterocycles. The number of pyridine rings is 1. The maximum absolute atomic E-state index is 12.5. The Morgan fingerprint density at radius 1 is 1.10 bits per heavy atom. The summed E-state index contributed by atoms with van der Waals surface area (Å²) in [5, 5.41) is 7.09. The van der Waals surface area contributed by atoms with Crippen molar-refractivity contribution >= 4 is 17.6 Å². The van der Waals surface area contributed by atoms with Crippen LogP contribution in [0.15, 0.2) is 42.6 Å². The van der Waals surface area contributed by atoms with Gasteiger partial charge in [0, 0.05) is 11.9 Å². The number of carbonyl (C=O) groups excluding carboxylic acids is 2. The van der Waals surface area contributed by atoms with Gasteiger partial charge >= 0.3 is 5.97 Å². The van der Waals surface area contributed by atoms with Crippen molar-refractivity contribution < 1.29 is 19.1 Å². The van der Waals surface area contributed by atoms with E-state index in [0.29, 0.717) is 17.3 Å². The van der Waals surface area contributed by atoms with Crippen LogP contribution in [0.1, 0.15) is 34.2 Å². The number of carbonyl (C=O) groups is 2. The molecule has 0 fully saturated rings. The van der Waals surface area contributed by atoms with E-state index in [0.717, 1.165) is 17.0 Å². The second-order valence-electron chi connectivity index (χ2n) is 6.98. The average Bonchev–Trinajstić information content (AvgIpc) is 3.06. The molecule has 0 aliphatic heterocycles. The van der Waals surface area contributed by atoms with E-state index in [1.54, 1.807) is 28.9 Å². The average molecular weight is 408 g/mol. The van der Waals surface area contributed by atoms with Gasteiger partial charge in [0.15, 0.2) is 11.9 Å². The van der Waals surface area contributed by atoms with Crippen molar-refractivity contribution in [3.63, 3.8) is 0 Å². The molecule has 1 atom stereocenters. The van der Waals surface area contributed by atoms with Gasteiger partial charge in [0.2, 0.25) is 0 Å². The first-order valence-electron chi connectivity index (χ1n) is 9.44. The Bertz CT molecular complexity index is 1070. The van der Waals surface area contributed by atoms with Crippen molar-refractivity contribution in [3.8, 4) is 11.6 Å². The minimum Gasteiger partial charge on any atom is -0.495 e. The number of esters is 1. The Labute approximate surface area is 174 Å². The van der Waals surface area contributed by atoms with Crippen LogP contribution in [0.4, 0.5) is 5.69 Å². The fourth-order valence-electron chi connectivity index (χ4n) is 2.93. The van der Waals surface area contributed by atoms with E-state index in [4.69, 9.17) is 9.47 Å². The first-order chi connectivity index (χ1) is 14.3. The highest BCUT2D eigenvalue weighted by molar-refractivity contribution is 5.98. The number of ether oxygens (including phenoxy) is 2. The third-order valence-corrected chi connectivity index (χ3v) is 4.48. The van der Waals surface area contributed by atoms with Gasteiger partial charge in [0.05, 0.1) is 24.1 Å². The molecule has 0 aliphatic carbocycles. The molecule has 0 bridgehead atoms. The van der Waals surface area contributed by atoms with Crippen molar-refractivity contribution in [2.24, 2.45) is 0 Å². The predicted octanol–water partition coefficient (Wildman–Crippen LogP) is 3.39. The molecule has 156 valence electrons. The molecule has 3 aromatic rings. The van der Waals surface area contributed by atoms with Gasteiger partial charge in [-0.05, 0) is 63.6 Å². The third-order valence-electron chi connectivity index (χ3n) is 4.48. The molecule has 0 aliphatic rings. The Morgan fingerprint density at radius 3 is 2.47 bits per heavy atom. The minimum absolute atomic E-state index is 0.244. The number of hydrogen-bond donors (Lipinski definition) is 1. The van der Waals surface area contributed by atoms with Gasteiger partial charge in [-0.15, -0.1) is 0 Å². The summed E-state index contributed by atoms with van der Waals surface area (Å²) in [6.45, 7) is 7.23. The minimum atomic E-state index is -1.00. The van der Waals surface area contributed by atoms with Gasteiger partial charge in [-0.25, -0.2) is 14.5 Å². The predicted molar refractivity (Wildman–Crippen MR) is 112 cm³/mol. The highest BCUT2D eigenvalue weighted by atomic mass is 16.5. The zero-order chi connectivity index (χ0) is 21.8. The summed E-state index contributed by atoms with van der Waals surface area (Å²) in [7, 11) is 1.52. The maximum atomic E-state index is 12.5. The second-order valence-corrected chi connectivity index (χ2v) is 6.98. The molecule has 3 rings (SSSR count).